The van der Waals surface area contributed by atoms with Gasteiger partial charge in [0.2, 0.25) is 5.91 Å². The van der Waals surface area contributed by atoms with Gasteiger partial charge < -0.3 is 19.5 Å². The van der Waals surface area contributed by atoms with E-state index in [1.165, 1.54) is 39.9 Å². The van der Waals surface area contributed by atoms with Gasteiger partial charge in [-0.15, -0.1) is 0 Å². The summed E-state index contributed by atoms with van der Waals surface area (Å²) in [4.78, 5) is 49.0. The molecule has 230 valence electrons. The SMILES string of the molecule is COC(=O)CC(NC(=O)[C@@H](C)CC[C@H]1O[C@H]2C[C@H]3[C@@H]4CC[C@@H]5CC(=O)CC[C@]5(C)[C@H]4CC[C@]3(C)[C@H]2[C@@H]1C)C(=O)OC. The molecule has 8 heteroatoms. The Kier molecular flexibility index (Phi) is 8.64. The maximum absolute atomic E-state index is 12.9. The Labute approximate surface area is 245 Å². The number of methoxy groups -OCH3 is 2. The van der Waals surface area contributed by atoms with Crippen LogP contribution < -0.4 is 5.32 Å². The third-order valence-electron chi connectivity index (χ3n) is 12.8. The molecule has 1 unspecified atom stereocenters. The third-order valence-corrected chi connectivity index (χ3v) is 12.8. The van der Waals surface area contributed by atoms with Gasteiger partial charge in [-0.05, 0) is 97.7 Å². The van der Waals surface area contributed by atoms with Gasteiger partial charge in [0, 0.05) is 18.8 Å². The van der Waals surface area contributed by atoms with E-state index in [9.17, 15) is 19.2 Å². The topological polar surface area (TPSA) is 108 Å². The average molecular weight is 574 g/mol. The summed E-state index contributed by atoms with van der Waals surface area (Å²) < 4.78 is 16.2. The van der Waals surface area contributed by atoms with Crippen LogP contribution in [0.2, 0.25) is 0 Å². The molecule has 41 heavy (non-hydrogen) atoms. The first-order chi connectivity index (χ1) is 19.4. The molecule has 12 atom stereocenters. The fourth-order valence-electron chi connectivity index (χ4n) is 10.5. The summed E-state index contributed by atoms with van der Waals surface area (Å²) in [5, 5.41) is 2.68. The van der Waals surface area contributed by atoms with Crippen molar-refractivity contribution in [1.82, 2.24) is 5.32 Å². The summed E-state index contributed by atoms with van der Waals surface area (Å²) in [6.45, 7) is 9.27. The van der Waals surface area contributed by atoms with E-state index in [-0.39, 0.29) is 35.9 Å². The van der Waals surface area contributed by atoms with Gasteiger partial charge in [-0.1, -0.05) is 27.7 Å². The molecule has 1 aliphatic heterocycles. The number of amides is 1. The predicted molar refractivity (Wildman–Crippen MR) is 152 cm³/mol. The molecular formula is C33H51NO7. The normalized spacial score (nSPS) is 42.6. The Hall–Kier alpha value is -1.96. The first-order valence-electron chi connectivity index (χ1n) is 16.0. The number of nitrogens with one attached hydrogen (secondary N) is 1. The van der Waals surface area contributed by atoms with Crippen molar-refractivity contribution >= 4 is 23.6 Å². The van der Waals surface area contributed by atoms with E-state index >= 15 is 0 Å². The Bertz CT molecular complexity index is 1040. The second kappa shape index (κ2) is 11.6. The zero-order valence-corrected chi connectivity index (χ0v) is 25.9. The molecule has 5 fully saturated rings. The molecule has 0 aromatic rings. The number of rotatable bonds is 8. The molecular weight excluding hydrogens is 522 g/mol. The highest BCUT2D eigenvalue weighted by Gasteiger charge is 2.65. The van der Waals surface area contributed by atoms with Crippen molar-refractivity contribution in [1.29, 1.82) is 0 Å². The highest BCUT2D eigenvalue weighted by molar-refractivity contribution is 5.88. The number of carbonyl (C=O) groups excluding carboxylic acids is 4. The van der Waals surface area contributed by atoms with Crippen LogP contribution >= 0.6 is 0 Å². The van der Waals surface area contributed by atoms with Crippen molar-refractivity contribution in [2.45, 2.75) is 117 Å². The van der Waals surface area contributed by atoms with Crippen LogP contribution in [0.4, 0.5) is 0 Å². The molecule has 1 amide bonds. The van der Waals surface area contributed by atoms with E-state index in [2.05, 4.69) is 30.8 Å². The van der Waals surface area contributed by atoms with Crippen molar-refractivity contribution < 1.29 is 33.4 Å². The van der Waals surface area contributed by atoms with Crippen molar-refractivity contribution in [3.63, 3.8) is 0 Å². The van der Waals surface area contributed by atoms with E-state index in [4.69, 9.17) is 9.47 Å². The number of fused-ring (bicyclic) bond motifs is 7. The van der Waals surface area contributed by atoms with Gasteiger partial charge in [0.25, 0.3) is 0 Å². The minimum absolute atomic E-state index is 0.125. The van der Waals surface area contributed by atoms with Crippen LogP contribution in [0.3, 0.4) is 0 Å². The molecule has 4 aliphatic carbocycles. The first-order valence-corrected chi connectivity index (χ1v) is 16.0. The van der Waals surface area contributed by atoms with Crippen molar-refractivity contribution in [2.24, 2.45) is 52.3 Å². The lowest BCUT2D eigenvalue weighted by Gasteiger charge is -2.60. The molecule has 0 aromatic carbocycles. The number of hydrogen-bond donors (Lipinski definition) is 1. The monoisotopic (exact) mass is 573 g/mol. The minimum atomic E-state index is -1.05. The summed E-state index contributed by atoms with van der Waals surface area (Å²) >= 11 is 0. The number of Topliss-reactive ketones (excluding diaryl/α,β-unsaturated/α-hetero) is 1. The van der Waals surface area contributed by atoms with Crippen LogP contribution in [0.1, 0.15) is 98.3 Å². The van der Waals surface area contributed by atoms with Crippen LogP contribution in [0.25, 0.3) is 0 Å². The van der Waals surface area contributed by atoms with Gasteiger partial charge in [0.1, 0.15) is 11.8 Å². The Morgan fingerprint density at radius 1 is 1.05 bits per heavy atom. The molecule has 5 rings (SSSR count). The van der Waals surface area contributed by atoms with E-state index < -0.39 is 18.0 Å². The van der Waals surface area contributed by atoms with Crippen molar-refractivity contribution in [3.8, 4) is 0 Å². The van der Waals surface area contributed by atoms with Crippen molar-refractivity contribution in [2.75, 3.05) is 14.2 Å². The fraction of sp³-hybridized carbons (Fsp3) is 0.879. The van der Waals surface area contributed by atoms with Crippen LogP contribution in [0.15, 0.2) is 0 Å². The van der Waals surface area contributed by atoms with E-state index in [0.29, 0.717) is 41.3 Å². The summed E-state index contributed by atoms with van der Waals surface area (Å²) in [5.74, 6) is 2.39. The third kappa shape index (κ3) is 5.36. The zero-order valence-electron chi connectivity index (χ0n) is 25.9. The number of hydrogen-bond acceptors (Lipinski definition) is 7. The lowest BCUT2D eigenvalue weighted by atomic mass is 9.44. The number of carbonyl (C=O) groups is 4. The number of esters is 2. The smallest absolute Gasteiger partial charge is 0.328 e. The van der Waals surface area contributed by atoms with Crippen LogP contribution in [0, 0.1) is 52.3 Å². The summed E-state index contributed by atoms with van der Waals surface area (Å²) in [7, 11) is 2.48. The quantitative estimate of drug-likeness (QED) is 0.413. The molecule has 0 radical (unpaired) electrons. The highest BCUT2D eigenvalue weighted by Crippen LogP contribution is 2.69. The van der Waals surface area contributed by atoms with Crippen molar-refractivity contribution in [3.05, 3.63) is 0 Å². The van der Waals surface area contributed by atoms with Gasteiger partial charge in [-0.3, -0.25) is 14.4 Å². The standard InChI is InChI=1S/C33H51NO7/c1-18(30(37)34-25(31(38)40-6)17-28(36)39-5)7-10-26-19(2)29-27(41-26)16-24-22-9-8-20-15-21(35)11-13-32(20,3)23(22)12-14-33(24,29)4/h18-20,22-27,29H,7-17H2,1-6H3,(H,34,37)/t18-,19+,20+,22+,23-,24-,25?,26+,27-,29-,32-,33-/m0/s1. The lowest BCUT2D eigenvalue weighted by Crippen LogP contribution is -2.54. The second-order valence-electron chi connectivity index (χ2n) is 14.6. The first kappa shape index (κ1) is 30.5. The summed E-state index contributed by atoms with van der Waals surface area (Å²) in [5.41, 5.74) is 0.615. The van der Waals surface area contributed by atoms with Gasteiger partial charge >= 0.3 is 11.9 Å². The van der Waals surface area contributed by atoms with Crippen LogP contribution in [-0.2, 0) is 33.4 Å². The maximum Gasteiger partial charge on any atom is 0.328 e. The zero-order chi connectivity index (χ0) is 29.7. The van der Waals surface area contributed by atoms with E-state index in [0.717, 1.165) is 43.9 Å². The van der Waals surface area contributed by atoms with Crippen LogP contribution in [0.5, 0.6) is 0 Å². The fourth-order valence-corrected chi connectivity index (χ4v) is 10.5. The summed E-state index contributed by atoms with van der Waals surface area (Å²) in [6, 6.07) is -1.05. The molecule has 8 nitrogen and oxygen atoms in total. The molecule has 0 aromatic heterocycles. The number of ketones is 1. The largest absolute Gasteiger partial charge is 0.469 e. The molecule has 0 spiro atoms. The van der Waals surface area contributed by atoms with E-state index in [1.54, 1.807) is 0 Å². The van der Waals surface area contributed by atoms with Gasteiger partial charge in [-0.2, -0.15) is 0 Å². The number of ether oxygens (including phenoxy) is 3. The molecule has 5 aliphatic rings. The van der Waals surface area contributed by atoms with Crippen LogP contribution in [-0.4, -0.2) is 56.1 Å². The molecule has 1 heterocycles. The van der Waals surface area contributed by atoms with Gasteiger partial charge in [-0.25, -0.2) is 4.79 Å². The summed E-state index contributed by atoms with van der Waals surface area (Å²) in [6.07, 6.45) is 10.4. The van der Waals surface area contributed by atoms with E-state index in [1.807, 2.05) is 6.92 Å². The maximum atomic E-state index is 12.9. The Balaban J connectivity index is 1.18. The molecule has 0 bridgehead atoms. The Morgan fingerprint density at radius 2 is 1.80 bits per heavy atom. The van der Waals surface area contributed by atoms with Gasteiger partial charge in [0.15, 0.2) is 0 Å². The highest BCUT2D eigenvalue weighted by atomic mass is 16.5. The molecule has 1 saturated heterocycles. The molecule has 1 N–H and O–H groups in total. The molecule has 4 saturated carbocycles. The predicted octanol–water partition coefficient (Wildman–Crippen LogP) is 4.87. The average Bonchev–Trinajstić information content (AvgIpc) is 3.43. The minimum Gasteiger partial charge on any atom is -0.469 e. The lowest BCUT2D eigenvalue weighted by molar-refractivity contribution is -0.151. The Morgan fingerprint density at radius 3 is 2.51 bits per heavy atom. The second-order valence-corrected chi connectivity index (χ2v) is 14.6. The van der Waals surface area contributed by atoms with Gasteiger partial charge in [0.05, 0.1) is 32.8 Å².